The first-order valence-corrected chi connectivity index (χ1v) is 12.3. The molecule has 2 atom stereocenters. The predicted octanol–water partition coefficient (Wildman–Crippen LogP) is 1.43. The lowest BCUT2D eigenvalue weighted by Crippen LogP contribution is -2.38. The Morgan fingerprint density at radius 2 is 1.50 bits per heavy atom. The normalized spacial score (nSPS) is 15.1. The molecule has 0 amide bonds. The number of nitrogens with one attached hydrogen (secondary N) is 2. The molecule has 0 bridgehead atoms. The minimum Gasteiger partial charge on any atom is -0.301 e. The molecule has 0 aliphatic rings. The zero-order valence-corrected chi connectivity index (χ0v) is 19.3. The highest BCUT2D eigenvalue weighted by atomic mass is 32.2. The number of rotatable bonds is 16. The number of hydrogen-bond donors (Lipinski definition) is 4. The van der Waals surface area contributed by atoms with E-state index >= 15 is 0 Å². The van der Waals surface area contributed by atoms with E-state index in [2.05, 4.69) is 5.22 Å². The molecule has 0 aromatic heterocycles. The first kappa shape index (κ1) is 26.8. The lowest BCUT2D eigenvalue weighted by Gasteiger charge is -2.28. The molecule has 11 heteroatoms. The second-order valence-corrected chi connectivity index (χ2v) is 11.9. The van der Waals surface area contributed by atoms with Gasteiger partial charge in [-0.25, -0.2) is 11.7 Å². The highest BCUT2D eigenvalue weighted by molar-refractivity contribution is 7.85. The summed E-state index contributed by atoms with van der Waals surface area (Å²) >= 11 is 0. The van der Waals surface area contributed by atoms with Crippen LogP contribution in [0.1, 0.15) is 47.0 Å². The van der Waals surface area contributed by atoms with Gasteiger partial charge in [-0.05, 0) is 30.1 Å². The topological polar surface area (TPSA) is 152 Å². The molecule has 0 saturated heterocycles. The van der Waals surface area contributed by atoms with Gasteiger partial charge in [0.25, 0.3) is 0 Å². The van der Waals surface area contributed by atoms with Crippen LogP contribution in [0.3, 0.4) is 0 Å². The summed E-state index contributed by atoms with van der Waals surface area (Å²) in [6, 6.07) is 0. The van der Waals surface area contributed by atoms with E-state index in [1.165, 1.54) is 9.71 Å². The molecule has 0 aromatic carbocycles. The number of hydrogen-bond acceptors (Lipinski definition) is 6. The Labute approximate surface area is 174 Å². The molecule has 164 valence electrons. The molecule has 6 N–H and O–H groups in total. The van der Waals surface area contributed by atoms with Crippen LogP contribution in [-0.4, -0.2) is 66.9 Å². The van der Waals surface area contributed by atoms with Gasteiger partial charge in [-0.2, -0.15) is 5.41 Å². The van der Waals surface area contributed by atoms with Crippen LogP contribution in [0.15, 0.2) is 5.22 Å². The average Bonchev–Trinajstić information content (AvgIpc) is 2.62. The van der Waals surface area contributed by atoms with Crippen LogP contribution in [0.4, 0.5) is 0 Å². The number of hydrazine groups is 1. The summed E-state index contributed by atoms with van der Waals surface area (Å²) in [4.78, 5) is 0. The van der Waals surface area contributed by atoms with E-state index in [1.54, 1.807) is 0 Å². The largest absolute Gasteiger partial charge is 0.301 e. The second kappa shape index (κ2) is 13.1. The van der Waals surface area contributed by atoms with Gasteiger partial charge in [0.15, 0.2) is 0 Å². The van der Waals surface area contributed by atoms with E-state index in [0.717, 1.165) is 25.5 Å². The summed E-state index contributed by atoms with van der Waals surface area (Å²) in [5, 5.41) is 19.2. The Kier molecular flexibility index (Phi) is 12.5. The minimum atomic E-state index is -0.952. The molecule has 0 rings (SSSR count). The average molecular weight is 437 g/mol. The predicted molar refractivity (Wildman–Crippen MR) is 117 cm³/mol. The van der Waals surface area contributed by atoms with E-state index in [0.29, 0.717) is 42.5 Å². The van der Waals surface area contributed by atoms with E-state index < -0.39 is 21.6 Å². The van der Waals surface area contributed by atoms with Crippen molar-refractivity contribution in [3.8, 4) is 0 Å². The number of nitrogens with zero attached hydrogens (tertiary/aromatic N) is 3. The molecule has 0 aliphatic carbocycles. The third-order valence-electron chi connectivity index (χ3n) is 4.42. The third kappa shape index (κ3) is 13.1. The first-order chi connectivity index (χ1) is 12.9. The fraction of sp³-hybridized carbons (Fsp3) is 0.882. The van der Waals surface area contributed by atoms with Crippen LogP contribution in [0.2, 0.25) is 0 Å². The Morgan fingerprint density at radius 3 is 1.93 bits per heavy atom. The van der Waals surface area contributed by atoms with E-state index in [4.69, 9.17) is 22.5 Å². The number of nitrogens with two attached hydrogens (primary N) is 2. The third-order valence-corrected chi connectivity index (χ3v) is 7.23. The van der Waals surface area contributed by atoms with Crippen molar-refractivity contribution in [1.29, 1.82) is 10.8 Å². The summed E-state index contributed by atoms with van der Waals surface area (Å²) in [5.74, 6) is 13.1. The van der Waals surface area contributed by atoms with Crippen LogP contribution in [0, 0.1) is 21.6 Å². The molecular formula is C17H38N7O2S2+. The van der Waals surface area contributed by atoms with Crippen LogP contribution in [0.5, 0.6) is 0 Å². The Bertz CT molecular complexity index is 580. The van der Waals surface area contributed by atoms with Crippen molar-refractivity contribution in [2.75, 3.05) is 36.1 Å². The Balaban J connectivity index is 4.12. The maximum absolute atomic E-state index is 12.2. The van der Waals surface area contributed by atoms with Crippen molar-refractivity contribution < 1.29 is 13.1 Å². The molecular weight excluding hydrogens is 398 g/mol. The van der Waals surface area contributed by atoms with E-state index in [1.807, 2.05) is 27.7 Å². The van der Waals surface area contributed by atoms with Crippen molar-refractivity contribution in [2.24, 2.45) is 27.7 Å². The van der Waals surface area contributed by atoms with Crippen molar-refractivity contribution in [2.45, 2.75) is 47.0 Å². The van der Waals surface area contributed by atoms with Crippen molar-refractivity contribution >= 4 is 34.3 Å². The van der Waals surface area contributed by atoms with Gasteiger partial charge in [0.2, 0.25) is 6.34 Å². The summed E-state index contributed by atoms with van der Waals surface area (Å²) in [7, 11) is -1.89. The fourth-order valence-electron chi connectivity index (χ4n) is 2.62. The van der Waals surface area contributed by atoms with Crippen molar-refractivity contribution in [3.05, 3.63) is 0 Å². The Morgan fingerprint density at radius 1 is 1.00 bits per heavy atom. The van der Waals surface area contributed by atoms with Crippen molar-refractivity contribution in [1.82, 2.24) is 5.01 Å². The van der Waals surface area contributed by atoms with Crippen LogP contribution in [0.25, 0.3) is 0 Å². The molecule has 0 saturated carbocycles. The summed E-state index contributed by atoms with van der Waals surface area (Å²) in [6.45, 7) is 9.19. The minimum absolute atomic E-state index is 0.115. The molecule has 0 heterocycles. The zero-order valence-electron chi connectivity index (χ0n) is 17.6. The van der Waals surface area contributed by atoms with Crippen LogP contribution in [-0.2, 0) is 21.6 Å². The van der Waals surface area contributed by atoms with Gasteiger partial charge in [-0.15, -0.1) is 4.70 Å². The smallest absolute Gasteiger partial charge is 0.235 e. The molecule has 0 aromatic rings. The second-order valence-electron chi connectivity index (χ2n) is 8.52. The zero-order chi connectivity index (χ0) is 21.8. The van der Waals surface area contributed by atoms with Gasteiger partial charge in [-0.3, -0.25) is 13.8 Å². The molecule has 2 unspecified atom stereocenters. The van der Waals surface area contributed by atoms with Gasteiger partial charge in [0, 0.05) is 56.4 Å². The monoisotopic (exact) mass is 436 g/mol. The fourth-order valence-corrected chi connectivity index (χ4v) is 5.71. The van der Waals surface area contributed by atoms with E-state index in [-0.39, 0.29) is 10.8 Å². The summed E-state index contributed by atoms with van der Waals surface area (Å²) in [6.07, 6.45) is 4.33. The summed E-state index contributed by atoms with van der Waals surface area (Å²) in [5.41, 5.74) is -0.269. The van der Waals surface area contributed by atoms with Gasteiger partial charge in [0.1, 0.15) is 0 Å². The molecule has 0 fully saturated rings. The highest BCUT2D eigenvalue weighted by Gasteiger charge is 2.23. The molecule has 0 spiro atoms. The van der Waals surface area contributed by atoms with Gasteiger partial charge in [0.05, 0.1) is 12.9 Å². The van der Waals surface area contributed by atoms with Gasteiger partial charge >= 0.3 is 0 Å². The SMILES string of the molecule is CC(C)(CCS(=O)CCCS(=O)CCC(C)(C)C[N+](C=N)=NN)CN(N)C=N. The maximum atomic E-state index is 12.2. The molecule has 0 radical (unpaired) electrons. The maximum Gasteiger partial charge on any atom is 0.235 e. The quantitative estimate of drug-likeness (QED) is 0.0720. The lowest BCUT2D eigenvalue weighted by molar-refractivity contribution is -0.492. The lowest BCUT2D eigenvalue weighted by atomic mass is 9.90. The van der Waals surface area contributed by atoms with E-state index in [9.17, 15) is 8.42 Å². The van der Waals surface area contributed by atoms with Crippen molar-refractivity contribution in [3.63, 3.8) is 0 Å². The first-order valence-electron chi connectivity index (χ1n) is 9.34. The standard InChI is InChI=1S/C17H37N7O2S2/c1-16(2,12-23(21)14-18)6-10-27(25)8-5-9-28(26)11-7-17(3,4)13-24(15-19)22-20/h14-15,18-20H,5-13,21H2,1-4H3/p+1. The van der Waals surface area contributed by atoms with Crippen LogP contribution >= 0.6 is 0 Å². The van der Waals surface area contributed by atoms with Crippen LogP contribution < -0.4 is 11.7 Å². The molecule has 9 nitrogen and oxygen atoms in total. The van der Waals surface area contributed by atoms with Gasteiger partial charge < -0.3 is 5.01 Å². The Hall–Kier alpha value is -1.20. The molecule has 0 aliphatic heterocycles. The highest BCUT2D eigenvalue weighted by Crippen LogP contribution is 2.22. The van der Waals surface area contributed by atoms with Gasteiger partial charge in [-0.1, -0.05) is 27.7 Å². The summed E-state index contributed by atoms with van der Waals surface area (Å²) < 4.78 is 25.8. The molecule has 28 heavy (non-hydrogen) atoms.